The molecule has 1 rings (SSSR count). The average molecular weight is 249 g/mol. The summed E-state index contributed by atoms with van der Waals surface area (Å²) in [4.78, 5) is 22.4. The van der Waals surface area contributed by atoms with Crippen LogP contribution in [0.1, 0.15) is 34.1 Å². The summed E-state index contributed by atoms with van der Waals surface area (Å²) in [6.07, 6.45) is -0.121. The molecule has 1 aromatic carbocycles. The quantitative estimate of drug-likeness (QED) is 0.835. The van der Waals surface area contributed by atoms with Gasteiger partial charge < -0.3 is 10.1 Å². The molecular formula is C14H19NO3. The van der Waals surface area contributed by atoms with Gasteiger partial charge in [0.2, 0.25) is 5.91 Å². The largest absolute Gasteiger partial charge is 0.486 e. The second-order valence-corrected chi connectivity index (χ2v) is 5.14. The Balaban J connectivity index is 2.82. The third-order valence-electron chi connectivity index (χ3n) is 1.99. The van der Waals surface area contributed by atoms with Gasteiger partial charge in [0.25, 0.3) is 0 Å². The maximum atomic E-state index is 11.6. The molecule has 0 unspecified atom stereocenters. The number of hydrogen-bond acceptors (Lipinski definition) is 3. The predicted molar refractivity (Wildman–Crippen MR) is 70.8 cm³/mol. The highest BCUT2D eigenvalue weighted by Crippen LogP contribution is 2.27. The summed E-state index contributed by atoms with van der Waals surface area (Å²) in [6.45, 7) is 7.18. The average Bonchev–Trinajstić information content (AvgIpc) is 2.17. The van der Waals surface area contributed by atoms with E-state index in [-0.39, 0.29) is 23.7 Å². The van der Waals surface area contributed by atoms with Gasteiger partial charge in [-0.3, -0.25) is 9.59 Å². The highest BCUT2D eigenvalue weighted by molar-refractivity contribution is 6.04. The van der Waals surface area contributed by atoms with Crippen LogP contribution < -0.4 is 10.1 Å². The van der Waals surface area contributed by atoms with Gasteiger partial charge in [0.05, 0.1) is 12.1 Å². The smallest absolute Gasteiger partial charge is 0.231 e. The SMILES string of the molecule is CC(=O)CC(=O)Nc1ccccc1OC(C)(C)C. The monoisotopic (exact) mass is 249 g/mol. The summed E-state index contributed by atoms with van der Waals surface area (Å²) >= 11 is 0. The first-order chi connectivity index (χ1) is 8.28. The standard InChI is InChI=1S/C14H19NO3/c1-10(16)9-13(17)15-11-7-5-6-8-12(11)18-14(2,3)4/h5-8H,9H2,1-4H3,(H,15,17). The Morgan fingerprint density at radius 1 is 1.22 bits per heavy atom. The van der Waals surface area contributed by atoms with Crippen LogP contribution in [0.2, 0.25) is 0 Å². The van der Waals surface area contributed by atoms with Gasteiger partial charge in [0, 0.05) is 0 Å². The zero-order chi connectivity index (χ0) is 13.8. The summed E-state index contributed by atoms with van der Waals surface area (Å²) in [6, 6.07) is 7.17. The van der Waals surface area contributed by atoms with Gasteiger partial charge in [-0.1, -0.05) is 12.1 Å². The number of carbonyl (C=O) groups excluding carboxylic acids is 2. The van der Waals surface area contributed by atoms with E-state index in [9.17, 15) is 9.59 Å². The number of benzene rings is 1. The first kappa shape index (κ1) is 14.2. The lowest BCUT2D eigenvalue weighted by Gasteiger charge is -2.23. The highest BCUT2D eigenvalue weighted by atomic mass is 16.5. The second-order valence-electron chi connectivity index (χ2n) is 5.14. The van der Waals surface area contributed by atoms with Gasteiger partial charge >= 0.3 is 0 Å². The second kappa shape index (κ2) is 5.67. The van der Waals surface area contributed by atoms with Crippen molar-refractivity contribution in [2.75, 3.05) is 5.32 Å². The van der Waals surface area contributed by atoms with Crippen LogP contribution in [0, 0.1) is 0 Å². The fraction of sp³-hybridized carbons (Fsp3) is 0.429. The molecule has 98 valence electrons. The van der Waals surface area contributed by atoms with Crippen LogP contribution in [0.15, 0.2) is 24.3 Å². The van der Waals surface area contributed by atoms with Gasteiger partial charge in [-0.2, -0.15) is 0 Å². The molecular weight excluding hydrogens is 230 g/mol. The van der Waals surface area contributed by atoms with E-state index in [0.717, 1.165) is 0 Å². The first-order valence-electron chi connectivity index (χ1n) is 5.85. The summed E-state index contributed by atoms with van der Waals surface area (Å²) in [5, 5.41) is 2.68. The molecule has 0 saturated carbocycles. The molecule has 1 N–H and O–H groups in total. The maximum absolute atomic E-state index is 11.6. The number of nitrogens with one attached hydrogen (secondary N) is 1. The van der Waals surface area contributed by atoms with Gasteiger partial charge in [0.15, 0.2) is 0 Å². The number of hydrogen-bond donors (Lipinski definition) is 1. The lowest BCUT2D eigenvalue weighted by Crippen LogP contribution is -2.24. The lowest BCUT2D eigenvalue weighted by molar-refractivity contribution is -0.124. The van der Waals surface area contributed by atoms with Crippen LogP contribution in [0.25, 0.3) is 0 Å². The van der Waals surface area contributed by atoms with Crippen molar-refractivity contribution in [1.29, 1.82) is 0 Å². The molecule has 0 aliphatic rings. The molecule has 0 aliphatic heterocycles. The number of rotatable bonds is 4. The third kappa shape index (κ3) is 4.99. The van der Waals surface area contributed by atoms with E-state index < -0.39 is 0 Å². The number of ether oxygens (including phenoxy) is 1. The Morgan fingerprint density at radius 2 is 1.83 bits per heavy atom. The summed E-state index contributed by atoms with van der Waals surface area (Å²) < 4.78 is 5.74. The van der Waals surface area contributed by atoms with Crippen molar-refractivity contribution >= 4 is 17.4 Å². The molecule has 0 atom stereocenters. The molecule has 18 heavy (non-hydrogen) atoms. The van der Waals surface area contributed by atoms with Gasteiger partial charge in [-0.25, -0.2) is 0 Å². The van der Waals surface area contributed by atoms with Crippen molar-refractivity contribution in [3.8, 4) is 5.75 Å². The Kier molecular flexibility index (Phi) is 4.48. The zero-order valence-electron chi connectivity index (χ0n) is 11.2. The van der Waals surface area contributed by atoms with E-state index in [1.165, 1.54) is 6.92 Å². The fourth-order valence-electron chi connectivity index (χ4n) is 1.41. The van der Waals surface area contributed by atoms with Gasteiger partial charge in [-0.15, -0.1) is 0 Å². The van der Waals surface area contributed by atoms with Crippen LogP contribution in [0.4, 0.5) is 5.69 Å². The van der Waals surface area contributed by atoms with E-state index in [0.29, 0.717) is 11.4 Å². The normalized spacial score (nSPS) is 10.9. The maximum Gasteiger partial charge on any atom is 0.231 e. The van der Waals surface area contributed by atoms with Crippen molar-refractivity contribution in [2.45, 2.75) is 39.7 Å². The Labute approximate surface area is 107 Å². The van der Waals surface area contributed by atoms with E-state index >= 15 is 0 Å². The third-order valence-corrected chi connectivity index (χ3v) is 1.99. The first-order valence-corrected chi connectivity index (χ1v) is 5.85. The summed E-state index contributed by atoms with van der Waals surface area (Å²) in [5.41, 5.74) is 0.236. The van der Waals surface area contributed by atoms with Crippen LogP contribution in [-0.4, -0.2) is 17.3 Å². The van der Waals surface area contributed by atoms with Crippen LogP contribution in [-0.2, 0) is 9.59 Å². The minimum atomic E-state index is -0.346. The summed E-state index contributed by atoms with van der Waals surface area (Å²) in [5.74, 6) is 0.107. The molecule has 0 radical (unpaired) electrons. The highest BCUT2D eigenvalue weighted by Gasteiger charge is 2.15. The molecule has 0 aromatic heterocycles. The van der Waals surface area contributed by atoms with E-state index in [2.05, 4.69) is 5.32 Å². The van der Waals surface area contributed by atoms with E-state index in [1.54, 1.807) is 18.2 Å². The molecule has 4 nitrogen and oxygen atoms in total. The Morgan fingerprint density at radius 3 is 2.39 bits per heavy atom. The van der Waals surface area contributed by atoms with E-state index in [4.69, 9.17) is 4.74 Å². The van der Waals surface area contributed by atoms with Crippen LogP contribution in [0.5, 0.6) is 5.75 Å². The minimum Gasteiger partial charge on any atom is -0.486 e. The molecule has 0 fully saturated rings. The molecule has 0 saturated heterocycles. The topological polar surface area (TPSA) is 55.4 Å². The lowest BCUT2D eigenvalue weighted by atomic mass is 10.2. The molecule has 1 amide bonds. The predicted octanol–water partition coefficient (Wildman–Crippen LogP) is 2.78. The zero-order valence-corrected chi connectivity index (χ0v) is 11.2. The van der Waals surface area contributed by atoms with Gasteiger partial charge in [-0.05, 0) is 39.8 Å². The number of amides is 1. The number of ketones is 1. The van der Waals surface area contributed by atoms with Crippen molar-refractivity contribution < 1.29 is 14.3 Å². The van der Waals surface area contributed by atoms with Crippen LogP contribution >= 0.6 is 0 Å². The Bertz CT molecular complexity index is 447. The van der Waals surface area contributed by atoms with Gasteiger partial charge in [0.1, 0.15) is 17.1 Å². The molecule has 0 aliphatic carbocycles. The van der Waals surface area contributed by atoms with E-state index in [1.807, 2.05) is 26.8 Å². The minimum absolute atomic E-state index is 0.121. The van der Waals surface area contributed by atoms with Crippen molar-refractivity contribution in [3.63, 3.8) is 0 Å². The molecule has 0 heterocycles. The number of carbonyl (C=O) groups is 2. The molecule has 0 spiro atoms. The number of Topliss-reactive ketones (excluding diaryl/α,β-unsaturated/α-hetero) is 1. The van der Waals surface area contributed by atoms with Crippen molar-refractivity contribution in [1.82, 2.24) is 0 Å². The van der Waals surface area contributed by atoms with Crippen LogP contribution in [0.3, 0.4) is 0 Å². The fourth-order valence-corrected chi connectivity index (χ4v) is 1.41. The molecule has 4 heteroatoms. The number of para-hydroxylation sites is 2. The molecule has 1 aromatic rings. The number of anilines is 1. The van der Waals surface area contributed by atoms with Crippen molar-refractivity contribution in [3.05, 3.63) is 24.3 Å². The summed E-state index contributed by atoms with van der Waals surface area (Å²) in [7, 11) is 0. The Hall–Kier alpha value is -1.84. The molecule has 0 bridgehead atoms. The van der Waals surface area contributed by atoms with Crippen molar-refractivity contribution in [2.24, 2.45) is 0 Å².